The molecule has 0 unspecified atom stereocenters. The highest BCUT2D eigenvalue weighted by atomic mass is 19.1. The standard InChI is InChI=1S/C15H11F2NO3/c1-8-7-9(15(20)21)5-6-12(8)18-14(19)13-10(16)3-2-4-11(13)17/h2-7H,1H3,(H,18,19)(H,20,21). The van der Waals surface area contributed by atoms with Crippen LogP contribution in [0.3, 0.4) is 0 Å². The molecule has 0 spiro atoms. The number of benzene rings is 2. The highest BCUT2D eigenvalue weighted by Crippen LogP contribution is 2.19. The molecule has 2 rings (SSSR count). The highest BCUT2D eigenvalue weighted by Gasteiger charge is 2.18. The molecule has 0 bridgehead atoms. The van der Waals surface area contributed by atoms with Crippen molar-refractivity contribution in [3.63, 3.8) is 0 Å². The molecule has 2 aromatic carbocycles. The number of rotatable bonds is 3. The van der Waals surface area contributed by atoms with Crippen LogP contribution >= 0.6 is 0 Å². The van der Waals surface area contributed by atoms with Crippen LogP contribution in [0.1, 0.15) is 26.3 Å². The number of hydrogen-bond donors (Lipinski definition) is 2. The van der Waals surface area contributed by atoms with E-state index in [1.165, 1.54) is 18.2 Å². The molecule has 0 aliphatic heterocycles. The number of aromatic carboxylic acids is 1. The van der Waals surface area contributed by atoms with Gasteiger partial charge in [-0.3, -0.25) is 4.79 Å². The van der Waals surface area contributed by atoms with Gasteiger partial charge in [0.05, 0.1) is 5.56 Å². The molecule has 4 nitrogen and oxygen atoms in total. The fourth-order valence-electron chi connectivity index (χ4n) is 1.84. The van der Waals surface area contributed by atoms with Crippen LogP contribution in [0.15, 0.2) is 36.4 Å². The molecule has 0 aliphatic carbocycles. The Hall–Kier alpha value is -2.76. The summed E-state index contributed by atoms with van der Waals surface area (Å²) in [5.74, 6) is -3.97. The lowest BCUT2D eigenvalue weighted by Crippen LogP contribution is -2.16. The Morgan fingerprint density at radius 3 is 2.24 bits per heavy atom. The van der Waals surface area contributed by atoms with Gasteiger partial charge in [-0.25, -0.2) is 13.6 Å². The van der Waals surface area contributed by atoms with Gasteiger partial charge in [0.1, 0.15) is 17.2 Å². The van der Waals surface area contributed by atoms with Gasteiger partial charge in [0.2, 0.25) is 0 Å². The smallest absolute Gasteiger partial charge is 0.335 e. The molecular formula is C15H11F2NO3. The van der Waals surface area contributed by atoms with Crippen LogP contribution in [0.2, 0.25) is 0 Å². The van der Waals surface area contributed by atoms with Gasteiger partial charge in [0.15, 0.2) is 0 Å². The Kier molecular flexibility index (Phi) is 3.98. The van der Waals surface area contributed by atoms with Gasteiger partial charge in [-0.05, 0) is 42.8 Å². The van der Waals surface area contributed by atoms with Crippen LogP contribution < -0.4 is 5.32 Å². The molecule has 21 heavy (non-hydrogen) atoms. The summed E-state index contributed by atoms with van der Waals surface area (Å²) in [6.07, 6.45) is 0. The van der Waals surface area contributed by atoms with Gasteiger partial charge >= 0.3 is 5.97 Å². The number of amides is 1. The van der Waals surface area contributed by atoms with Gasteiger partial charge in [0, 0.05) is 5.69 Å². The average molecular weight is 291 g/mol. The average Bonchev–Trinajstić information content (AvgIpc) is 2.40. The number of carbonyl (C=O) groups is 2. The van der Waals surface area contributed by atoms with Gasteiger partial charge in [-0.2, -0.15) is 0 Å². The minimum absolute atomic E-state index is 0.0579. The van der Waals surface area contributed by atoms with Crippen LogP contribution in [0.5, 0.6) is 0 Å². The number of aryl methyl sites for hydroxylation is 1. The van der Waals surface area contributed by atoms with Crippen LogP contribution in [0.25, 0.3) is 0 Å². The third-order valence-corrected chi connectivity index (χ3v) is 2.91. The number of carboxylic acids is 1. The quantitative estimate of drug-likeness (QED) is 0.912. The van der Waals surface area contributed by atoms with E-state index in [4.69, 9.17) is 5.11 Å². The SMILES string of the molecule is Cc1cc(C(=O)O)ccc1NC(=O)c1c(F)cccc1F. The van der Waals surface area contributed by atoms with Crippen molar-refractivity contribution in [2.24, 2.45) is 0 Å². The van der Waals surface area contributed by atoms with Gasteiger partial charge in [0.25, 0.3) is 5.91 Å². The third-order valence-electron chi connectivity index (χ3n) is 2.91. The van der Waals surface area contributed by atoms with E-state index in [-0.39, 0.29) is 11.3 Å². The minimum atomic E-state index is -1.10. The summed E-state index contributed by atoms with van der Waals surface area (Å²) in [5.41, 5.74) is 0.134. The third kappa shape index (κ3) is 3.05. The monoisotopic (exact) mass is 291 g/mol. The topological polar surface area (TPSA) is 66.4 Å². The molecule has 0 aliphatic rings. The van der Waals surface area contributed by atoms with Crippen LogP contribution in [0, 0.1) is 18.6 Å². The van der Waals surface area contributed by atoms with E-state index < -0.39 is 29.1 Å². The van der Waals surface area contributed by atoms with Gasteiger partial charge in [-0.1, -0.05) is 6.07 Å². The molecule has 2 aromatic rings. The summed E-state index contributed by atoms with van der Waals surface area (Å²) < 4.78 is 27.0. The summed E-state index contributed by atoms with van der Waals surface area (Å²) in [6, 6.07) is 7.15. The molecule has 0 saturated carbocycles. The Morgan fingerprint density at radius 1 is 1.10 bits per heavy atom. The Morgan fingerprint density at radius 2 is 1.71 bits per heavy atom. The first-order valence-corrected chi connectivity index (χ1v) is 5.99. The summed E-state index contributed by atoms with van der Waals surface area (Å²) in [7, 11) is 0. The molecule has 0 saturated heterocycles. The van der Waals surface area contributed by atoms with E-state index in [2.05, 4.69) is 5.32 Å². The number of hydrogen-bond acceptors (Lipinski definition) is 2. The van der Waals surface area contributed by atoms with Crippen molar-refractivity contribution in [1.82, 2.24) is 0 Å². The van der Waals surface area contributed by atoms with Crippen molar-refractivity contribution in [3.05, 3.63) is 64.7 Å². The minimum Gasteiger partial charge on any atom is -0.478 e. The predicted molar refractivity (Wildman–Crippen MR) is 72.4 cm³/mol. The number of anilines is 1. The molecule has 2 N–H and O–H groups in total. The van der Waals surface area contributed by atoms with E-state index in [9.17, 15) is 18.4 Å². The molecular weight excluding hydrogens is 280 g/mol. The lowest BCUT2D eigenvalue weighted by molar-refractivity contribution is 0.0696. The van der Waals surface area contributed by atoms with Crippen molar-refractivity contribution in [1.29, 1.82) is 0 Å². The fraction of sp³-hybridized carbons (Fsp3) is 0.0667. The van der Waals surface area contributed by atoms with Crippen LogP contribution in [0.4, 0.5) is 14.5 Å². The van der Waals surface area contributed by atoms with Crippen molar-refractivity contribution < 1.29 is 23.5 Å². The number of halogens is 2. The van der Waals surface area contributed by atoms with E-state index in [1.54, 1.807) is 6.92 Å². The number of carbonyl (C=O) groups excluding carboxylic acids is 1. The Balaban J connectivity index is 2.30. The molecule has 6 heteroatoms. The number of nitrogens with one attached hydrogen (secondary N) is 1. The molecule has 0 aromatic heterocycles. The second kappa shape index (κ2) is 5.70. The molecule has 0 atom stereocenters. The molecule has 1 amide bonds. The predicted octanol–water partition coefficient (Wildman–Crippen LogP) is 3.22. The second-order valence-electron chi connectivity index (χ2n) is 4.39. The summed E-state index contributed by atoms with van der Waals surface area (Å²) >= 11 is 0. The van der Waals surface area contributed by atoms with Crippen molar-refractivity contribution in [2.45, 2.75) is 6.92 Å². The van der Waals surface area contributed by atoms with Crippen molar-refractivity contribution >= 4 is 17.6 Å². The van der Waals surface area contributed by atoms with Gasteiger partial charge in [-0.15, -0.1) is 0 Å². The normalized spacial score (nSPS) is 10.2. The van der Waals surface area contributed by atoms with E-state index in [1.807, 2.05) is 0 Å². The molecule has 0 radical (unpaired) electrons. The maximum Gasteiger partial charge on any atom is 0.335 e. The summed E-state index contributed by atoms with van der Waals surface area (Å²) in [6.45, 7) is 1.58. The van der Waals surface area contributed by atoms with E-state index in [0.29, 0.717) is 5.56 Å². The largest absolute Gasteiger partial charge is 0.478 e. The Bertz CT molecular complexity index is 709. The molecule has 0 fully saturated rings. The summed E-state index contributed by atoms with van der Waals surface area (Å²) in [5, 5.41) is 11.2. The van der Waals surface area contributed by atoms with Gasteiger partial charge < -0.3 is 10.4 Å². The second-order valence-corrected chi connectivity index (χ2v) is 4.39. The first-order valence-electron chi connectivity index (χ1n) is 5.99. The lowest BCUT2D eigenvalue weighted by Gasteiger charge is -2.10. The van der Waals surface area contributed by atoms with E-state index >= 15 is 0 Å². The van der Waals surface area contributed by atoms with Crippen LogP contribution in [-0.2, 0) is 0 Å². The first-order chi connectivity index (χ1) is 9.90. The highest BCUT2D eigenvalue weighted by molar-refractivity contribution is 6.05. The maximum atomic E-state index is 13.5. The summed E-state index contributed by atoms with van der Waals surface area (Å²) in [4.78, 5) is 22.7. The zero-order valence-corrected chi connectivity index (χ0v) is 11.0. The molecule has 108 valence electrons. The molecule has 0 heterocycles. The fourth-order valence-corrected chi connectivity index (χ4v) is 1.84. The van der Waals surface area contributed by atoms with E-state index in [0.717, 1.165) is 18.2 Å². The van der Waals surface area contributed by atoms with Crippen molar-refractivity contribution in [2.75, 3.05) is 5.32 Å². The Labute approximate surface area is 119 Å². The zero-order valence-electron chi connectivity index (χ0n) is 11.0. The zero-order chi connectivity index (χ0) is 15.6. The number of carboxylic acid groups (broad SMARTS) is 1. The van der Waals surface area contributed by atoms with Crippen molar-refractivity contribution in [3.8, 4) is 0 Å². The first kappa shape index (κ1) is 14.6. The maximum absolute atomic E-state index is 13.5. The van der Waals surface area contributed by atoms with Crippen LogP contribution in [-0.4, -0.2) is 17.0 Å². The lowest BCUT2D eigenvalue weighted by atomic mass is 10.1.